The molecule has 2 aromatic heterocycles. The first kappa shape index (κ1) is 17.8. The minimum Gasteiger partial charge on any atom is -0.325 e. The highest BCUT2D eigenvalue weighted by atomic mass is 35.5. The molecule has 0 aliphatic rings. The van der Waals surface area contributed by atoms with Gasteiger partial charge in [0.1, 0.15) is 18.3 Å². The van der Waals surface area contributed by atoms with E-state index in [1.807, 2.05) is 18.2 Å². The van der Waals surface area contributed by atoms with Gasteiger partial charge in [0.05, 0.1) is 0 Å². The van der Waals surface area contributed by atoms with Crippen LogP contribution in [0.2, 0.25) is 5.02 Å². The number of carbonyl (C=O) groups is 1. The lowest BCUT2D eigenvalue weighted by Gasteiger charge is -2.08. The summed E-state index contributed by atoms with van der Waals surface area (Å²) in [6.45, 7) is -0.157. The van der Waals surface area contributed by atoms with E-state index in [0.717, 1.165) is 5.56 Å². The van der Waals surface area contributed by atoms with Crippen molar-refractivity contribution in [3.05, 3.63) is 82.5 Å². The van der Waals surface area contributed by atoms with Gasteiger partial charge in [-0.3, -0.25) is 14.2 Å². The van der Waals surface area contributed by atoms with Gasteiger partial charge in [0.2, 0.25) is 5.91 Å². The Morgan fingerprint density at radius 2 is 1.79 bits per heavy atom. The van der Waals surface area contributed by atoms with Crippen molar-refractivity contribution in [1.82, 2.24) is 19.5 Å². The molecule has 0 saturated heterocycles. The van der Waals surface area contributed by atoms with Crippen LogP contribution in [0.25, 0.3) is 22.4 Å². The summed E-state index contributed by atoms with van der Waals surface area (Å²) in [4.78, 5) is 37.7. The van der Waals surface area contributed by atoms with E-state index in [9.17, 15) is 9.59 Å². The van der Waals surface area contributed by atoms with Crippen LogP contribution in [0.15, 0.2) is 71.9 Å². The van der Waals surface area contributed by atoms with Crippen LogP contribution in [0.3, 0.4) is 0 Å². The zero-order chi connectivity index (χ0) is 19.5. The van der Waals surface area contributed by atoms with Crippen molar-refractivity contribution in [1.29, 1.82) is 0 Å². The molecule has 0 unspecified atom stereocenters. The third-order valence-electron chi connectivity index (χ3n) is 4.05. The molecule has 2 aromatic carbocycles. The lowest BCUT2D eigenvalue weighted by molar-refractivity contribution is -0.116. The molecule has 0 atom stereocenters. The molecular formula is C20H14ClN5O2. The number of hydrogen-bond acceptors (Lipinski definition) is 5. The predicted octanol–water partition coefficient (Wildman–Crippen LogP) is 3.15. The second kappa shape index (κ2) is 7.58. The summed E-state index contributed by atoms with van der Waals surface area (Å²) in [5, 5.41) is 3.59. The van der Waals surface area contributed by atoms with Crippen molar-refractivity contribution in [2.45, 2.75) is 6.54 Å². The number of fused-ring (bicyclic) bond motifs is 1. The standard InChI is InChI=1S/C20H14ClN5O2/c21-14-8-6-13(7-9-14)18-22-10-16-19(25-18)23-12-26(20(16)28)11-17(27)24-15-4-2-1-3-5-15/h1-10,12H,11H2,(H,24,27). The number of halogens is 1. The number of benzene rings is 2. The maximum atomic E-state index is 12.7. The number of aromatic nitrogens is 4. The topological polar surface area (TPSA) is 89.8 Å². The third-order valence-corrected chi connectivity index (χ3v) is 4.31. The van der Waals surface area contributed by atoms with Crippen LogP contribution >= 0.6 is 11.6 Å². The Labute approximate surface area is 164 Å². The molecule has 138 valence electrons. The lowest BCUT2D eigenvalue weighted by atomic mass is 10.2. The van der Waals surface area contributed by atoms with Gasteiger partial charge in [0, 0.05) is 22.5 Å². The van der Waals surface area contributed by atoms with Crippen LogP contribution in [-0.4, -0.2) is 25.4 Å². The van der Waals surface area contributed by atoms with Crippen LogP contribution in [-0.2, 0) is 11.3 Å². The summed E-state index contributed by atoms with van der Waals surface area (Å²) < 4.78 is 1.23. The van der Waals surface area contributed by atoms with E-state index >= 15 is 0 Å². The fourth-order valence-electron chi connectivity index (χ4n) is 2.68. The Balaban J connectivity index is 1.60. The van der Waals surface area contributed by atoms with Crippen molar-refractivity contribution in [3.8, 4) is 11.4 Å². The molecule has 0 radical (unpaired) electrons. The molecule has 28 heavy (non-hydrogen) atoms. The van der Waals surface area contributed by atoms with Gasteiger partial charge in [-0.15, -0.1) is 0 Å². The first-order valence-electron chi connectivity index (χ1n) is 8.43. The molecule has 0 spiro atoms. The quantitative estimate of drug-likeness (QED) is 0.577. The average Bonchev–Trinajstić information content (AvgIpc) is 2.71. The monoisotopic (exact) mass is 391 g/mol. The van der Waals surface area contributed by atoms with E-state index in [1.54, 1.807) is 36.4 Å². The molecule has 1 amide bonds. The Hall–Kier alpha value is -3.58. The number of nitrogens with zero attached hydrogens (tertiary/aromatic N) is 4. The third kappa shape index (κ3) is 3.74. The van der Waals surface area contributed by atoms with Gasteiger partial charge < -0.3 is 5.32 Å². The fourth-order valence-corrected chi connectivity index (χ4v) is 2.81. The number of carbonyl (C=O) groups excluding carboxylic acids is 1. The molecule has 4 aromatic rings. The lowest BCUT2D eigenvalue weighted by Crippen LogP contribution is -2.28. The molecule has 0 fully saturated rings. The van der Waals surface area contributed by atoms with Crippen LogP contribution in [0.1, 0.15) is 0 Å². The number of rotatable bonds is 4. The molecule has 2 heterocycles. The van der Waals surface area contributed by atoms with Gasteiger partial charge in [-0.25, -0.2) is 15.0 Å². The van der Waals surface area contributed by atoms with Crippen LogP contribution in [0, 0.1) is 0 Å². The van der Waals surface area contributed by atoms with Crippen molar-refractivity contribution in [3.63, 3.8) is 0 Å². The SMILES string of the molecule is O=C(Cn1cnc2nc(-c3ccc(Cl)cc3)ncc2c1=O)Nc1ccccc1. The molecule has 7 nitrogen and oxygen atoms in total. The van der Waals surface area contributed by atoms with Gasteiger partial charge in [-0.1, -0.05) is 29.8 Å². The number of nitrogens with one attached hydrogen (secondary N) is 1. The Morgan fingerprint density at radius 3 is 2.54 bits per heavy atom. The van der Waals surface area contributed by atoms with E-state index in [0.29, 0.717) is 16.5 Å². The minimum absolute atomic E-state index is 0.157. The zero-order valence-electron chi connectivity index (χ0n) is 14.5. The molecule has 0 aliphatic heterocycles. The van der Waals surface area contributed by atoms with E-state index < -0.39 is 0 Å². The first-order valence-corrected chi connectivity index (χ1v) is 8.81. The van der Waals surface area contributed by atoms with Gasteiger partial charge in [0.15, 0.2) is 11.5 Å². The molecule has 0 bridgehead atoms. The minimum atomic E-state index is -0.379. The Kier molecular flexibility index (Phi) is 4.82. The maximum Gasteiger partial charge on any atom is 0.264 e. The second-order valence-corrected chi connectivity index (χ2v) is 6.47. The van der Waals surface area contributed by atoms with E-state index in [2.05, 4.69) is 20.3 Å². The highest BCUT2D eigenvalue weighted by Gasteiger charge is 2.11. The van der Waals surface area contributed by atoms with E-state index in [4.69, 9.17) is 11.6 Å². The zero-order valence-corrected chi connectivity index (χ0v) is 15.3. The highest BCUT2D eigenvalue weighted by Crippen LogP contribution is 2.18. The van der Waals surface area contributed by atoms with Crippen molar-refractivity contribution < 1.29 is 4.79 Å². The number of para-hydroxylation sites is 1. The van der Waals surface area contributed by atoms with Gasteiger partial charge >= 0.3 is 0 Å². The van der Waals surface area contributed by atoms with Crippen molar-refractivity contribution in [2.75, 3.05) is 5.32 Å². The van der Waals surface area contributed by atoms with Crippen LogP contribution < -0.4 is 10.9 Å². The van der Waals surface area contributed by atoms with Gasteiger partial charge in [-0.2, -0.15) is 0 Å². The number of anilines is 1. The summed E-state index contributed by atoms with van der Waals surface area (Å²) in [6, 6.07) is 16.1. The smallest absolute Gasteiger partial charge is 0.264 e. The Bertz CT molecular complexity index is 1210. The second-order valence-electron chi connectivity index (χ2n) is 6.03. The average molecular weight is 392 g/mol. The Morgan fingerprint density at radius 1 is 1.04 bits per heavy atom. The first-order chi connectivity index (χ1) is 13.6. The normalized spacial score (nSPS) is 10.8. The maximum absolute atomic E-state index is 12.7. The summed E-state index contributed by atoms with van der Waals surface area (Å²) in [5.41, 5.74) is 1.31. The molecule has 8 heteroatoms. The van der Waals surface area contributed by atoms with Crippen LogP contribution in [0.5, 0.6) is 0 Å². The molecule has 0 aliphatic carbocycles. The van der Waals surface area contributed by atoms with E-state index in [-0.39, 0.29) is 29.0 Å². The molecule has 4 rings (SSSR count). The largest absolute Gasteiger partial charge is 0.325 e. The van der Waals surface area contributed by atoms with E-state index in [1.165, 1.54) is 17.1 Å². The van der Waals surface area contributed by atoms with Crippen LogP contribution in [0.4, 0.5) is 5.69 Å². The van der Waals surface area contributed by atoms with Crippen molar-refractivity contribution >= 4 is 34.2 Å². The molecular weight excluding hydrogens is 378 g/mol. The molecule has 0 saturated carbocycles. The summed E-state index contributed by atoms with van der Waals surface area (Å²) in [5.74, 6) is 0.115. The highest BCUT2D eigenvalue weighted by molar-refractivity contribution is 6.30. The van der Waals surface area contributed by atoms with Gasteiger partial charge in [0.25, 0.3) is 5.56 Å². The summed E-state index contributed by atoms with van der Waals surface area (Å²) >= 11 is 5.90. The number of hydrogen-bond donors (Lipinski definition) is 1. The van der Waals surface area contributed by atoms with Crippen molar-refractivity contribution in [2.24, 2.45) is 0 Å². The fraction of sp³-hybridized carbons (Fsp3) is 0.0500. The molecule has 1 N–H and O–H groups in total. The summed E-state index contributed by atoms with van der Waals surface area (Å²) in [7, 11) is 0. The predicted molar refractivity (Wildman–Crippen MR) is 107 cm³/mol. The van der Waals surface area contributed by atoms with Gasteiger partial charge in [-0.05, 0) is 36.4 Å². The number of amides is 1. The summed E-state index contributed by atoms with van der Waals surface area (Å²) in [6.07, 6.45) is 2.74.